The van der Waals surface area contributed by atoms with E-state index in [2.05, 4.69) is 20.3 Å². The van der Waals surface area contributed by atoms with Gasteiger partial charge in [-0.05, 0) is 26.8 Å². The SMILES string of the molecule is Cc1cc(C)nc(S[C@@H](C)C(=O)NC2=NCCS2)n1. The van der Waals surface area contributed by atoms with Gasteiger partial charge in [-0.1, -0.05) is 23.5 Å². The van der Waals surface area contributed by atoms with E-state index in [1.165, 1.54) is 11.8 Å². The van der Waals surface area contributed by atoms with Crippen molar-refractivity contribution in [3.05, 3.63) is 17.5 Å². The third-order valence-electron chi connectivity index (χ3n) is 2.43. The molecule has 0 fully saturated rings. The first-order chi connectivity index (χ1) is 9.04. The molecule has 0 aromatic carbocycles. The number of hydrogen-bond acceptors (Lipinski definition) is 6. The lowest BCUT2D eigenvalue weighted by Gasteiger charge is -2.11. The maximum absolute atomic E-state index is 12.0. The summed E-state index contributed by atoms with van der Waals surface area (Å²) >= 11 is 2.94. The summed E-state index contributed by atoms with van der Waals surface area (Å²) in [5.74, 6) is 0.887. The Labute approximate surface area is 121 Å². The molecule has 2 rings (SSSR count). The number of amides is 1. The predicted molar refractivity (Wildman–Crippen MR) is 79.7 cm³/mol. The molecule has 1 aromatic rings. The molecule has 0 aliphatic carbocycles. The summed E-state index contributed by atoms with van der Waals surface area (Å²) in [5, 5.41) is 3.94. The summed E-state index contributed by atoms with van der Waals surface area (Å²) in [7, 11) is 0. The van der Waals surface area contributed by atoms with Crippen LogP contribution >= 0.6 is 23.5 Å². The number of nitrogens with one attached hydrogen (secondary N) is 1. The number of amidine groups is 1. The Balaban J connectivity index is 1.95. The Morgan fingerprint density at radius 2 is 2.11 bits per heavy atom. The van der Waals surface area contributed by atoms with Gasteiger partial charge in [-0.25, -0.2) is 9.97 Å². The lowest BCUT2D eigenvalue weighted by Crippen LogP contribution is -2.34. The lowest BCUT2D eigenvalue weighted by molar-refractivity contribution is -0.118. The van der Waals surface area contributed by atoms with E-state index in [0.717, 1.165) is 28.9 Å². The van der Waals surface area contributed by atoms with Crippen molar-refractivity contribution >= 4 is 34.6 Å². The molecule has 0 bridgehead atoms. The summed E-state index contributed by atoms with van der Waals surface area (Å²) in [5.41, 5.74) is 1.83. The van der Waals surface area contributed by atoms with Crippen LogP contribution in [0.1, 0.15) is 18.3 Å². The fourth-order valence-corrected chi connectivity index (χ4v) is 3.18. The first-order valence-corrected chi connectivity index (χ1v) is 7.88. The van der Waals surface area contributed by atoms with Crippen molar-refractivity contribution < 1.29 is 4.79 Å². The molecule has 102 valence electrons. The van der Waals surface area contributed by atoms with Gasteiger partial charge in [0.05, 0.1) is 11.8 Å². The van der Waals surface area contributed by atoms with Crippen LogP contribution in [0.5, 0.6) is 0 Å². The molecule has 0 saturated carbocycles. The van der Waals surface area contributed by atoms with E-state index in [1.807, 2.05) is 26.8 Å². The highest BCUT2D eigenvalue weighted by atomic mass is 32.2. The first kappa shape index (κ1) is 14.3. The second kappa shape index (κ2) is 6.38. The Morgan fingerprint density at radius 3 is 2.68 bits per heavy atom. The average molecular weight is 296 g/mol. The van der Waals surface area contributed by atoms with Crippen molar-refractivity contribution in [2.24, 2.45) is 4.99 Å². The summed E-state index contributed by atoms with van der Waals surface area (Å²) < 4.78 is 0. The molecular formula is C12H16N4OS2. The fourth-order valence-electron chi connectivity index (χ4n) is 1.58. The summed E-state index contributed by atoms with van der Waals surface area (Å²) in [4.78, 5) is 24.8. The van der Waals surface area contributed by atoms with Crippen molar-refractivity contribution in [3.63, 3.8) is 0 Å². The van der Waals surface area contributed by atoms with Crippen LogP contribution in [-0.2, 0) is 4.79 Å². The number of carbonyl (C=O) groups is 1. The Kier molecular flexibility index (Phi) is 4.81. The van der Waals surface area contributed by atoms with Gasteiger partial charge in [0.1, 0.15) is 0 Å². The van der Waals surface area contributed by atoms with Crippen LogP contribution in [-0.4, -0.2) is 38.6 Å². The number of aromatic nitrogens is 2. The molecule has 2 heterocycles. The van der Waals surface area contributed by atoms with Gasteiger partial charge in [0.15, 0.2) is 10.3 Å². The van der Waals surface area contributed by atoms with Gasteiger partial charge in [0.2, 0.25) is 5.91 Å². The van der Waals surface area contributed by atoms with E-state index in [0.29, 0.717) is 5.16 Å². The molecule has 0 saturated heterocycles. The molecule has 0 unspecified atom stereocenters. The molecule has 5 nitrogen and oxygen atoms in total. The molecule has 0 spiro atoms. The molecule has 7 heteroatoms. The van der Waals surface area contributed by atoms with Gasteiger partial charge in [0, 0.05) is 17.1 Å². The van der Waals surface area contributed by atoms with Crippen LogP contribution in [0.25, 0.3) is 0 Å². The van der Waals surface area contributed by atoms with E-state index in [-0.39, 0.29) is 11.2 Å². The van der Waals surface area contributed by atoms with Crippen molar-refractivity contribution in [1.82, 2.24) is 15.3 Å². The van der Waals surface area contributed by atoms with Gasteiger partial charge < -0.3 is 5.32 Å². The second-order valence-corrected chi connectivity index (χ2v) is 6.61. The Hall–Kier alpha value is -1.08. The summed E-state index contributed by atoms with van der Waals surface area (Å²) in [6.45, 7) is 6.48. The predicted octanol–water partition coefficient (Wildman–Crippen LogP) is 1.79. The number of rotatable bonds is 3. The van der Waals surface area contributed by atoms with Crippen LogP contribution in [0, 0.1) is 13.8 Å². The number of hydrogen-bond donors (Lipinski definition) is 1. The van der Waals surface area contributed by atoms with Gasteiger partial charge in [-0.2, -0.15) is 0 Å². The van der Waals surface area contributed by atoms with Crippen LogP contribution in [0.2, 0.25) is 0 Å². The number of aryl methyl sites for hydroxylation is 2. The standard InChI is InChI=1S/C12H16N4OS2/c1-7-6-8(2)15-12(14-7)19-9(3)10(17)16-11-13-4-5-18-11/h6,9H,4-5H2,1-3H3,(H,13,16,17)/t9-/m0/s1. The lowest BCUT2D eigenvalue weighted by atomic mass is 10.4. The summed E-state index contributed by atoms with van der Waals surface area (Å²) in [6, 6.07) is 1.92. The molecule has 1 amide bonds. The van der Waals surface area contributed by atoms with Gasteiger partial charge in [0.25, 0.3) is 0 Å². The smallest absolute Gasteiger partial charge is 0.239 e. The van der Waals surface area contributed by atoms with Crippen LogP contribution in [0.4, 0.5) is 0 Å². The molecule has 1 aliphatic rings. The zero-order valence-electron chi connectivity index (χ0n) is 11.1. The van der Waals surface area contributed by atoms with Crippen molar-refractivity contribution in [3.8, 4) is 0 Å². The van der Waals surface area contributed by atoms with Crippen LogP contribution in [0.15, 0.2) is 16.2 Å². The van der Waals surface area contributed by atoms with Crippen LogP contribution in [0.3, 0.4) is 0 Å². The average Bonchev–Trinajstić information content (AvgIpc) is 2.80. The largest absolute Gasteiger partial charge is 0.304 e. The third kappa shape index (κ3) is 4.21. The van der Waals surface area contributed by atoms with E-state index < -0.39 is 0 Å². The first-order valence-electron chi connectivity index (χ1n) is 6.01. The van der Waals surface area contributed by atoms with Gasteiger partial charge in [-0.3, -0.25) is 9.79 Å². The maximum Gasteiger partial charge on any atom is 0.239 e. The maximum atomic E-state index is 12.0. The minimum atomic E-state index is -0.245. The molecule has 1 aromatic heterocycles. The van der Waals surface area contributed by atoms with E-state index >= 15 is 0 Å². The normalized spacial score (nSPS) is 16.1. The second-order valence-electron chi connectivity index (χ2n) is 4.22. The molecule has 1 atom stereocenters. The number of carbonyl (C=O) groups excluding carboxylic acids is 1. The minimum absolute atomic E-state index is 0.0547. The molecule has 19 heavy (non-hydrogen) atoms. The Bertz CT molecular complexity index is 498. The monoisotopic (exact) mass is 296 g/mol. The highest BCUT2D eigenvalue weighted by Crippen LogP contribution is 2.20. The van der Waals surface area contributed by atoms with Crippen molar-refractivity contribution in [2.45, 2.75) is 31.2 Å². The van der Waals surface area contributed by atoms with Gasteiger partial charge in [-0.15, -0.1) is 0 Å². The third-order valence-corrected chi connectivity index (χ3v) is 4.28. The number of thioether (sulfide) groups is 2. The Morgan fingerprint density at radius 1 is 1.42 bits per heavy atom. The van der Waals surface area contributed by atoms with Crippen molar-refractivity contribution in [2.75, 3.05) is 12.3 Å². The zero-order chi connectivity index (χ0) is 13.8. The van der Waals surface area contributed by atoms with E-state index in [4.69, 9.17) is 0 Å². The zero-order valence-corrected chi connectivity index (χ0v) is 12.8. The summed E-state index contributed by atoms with van der Waals surface area (Å²) in [6.07, 6.45) is 0. The quantitative estimate of drug-likeness (QED) is 0.680. The topological polar surface area (TPSA) is 67.2 Å². The van der Waals surface area contributed by atoms with E-state index in [9.17, 15) is 4.79 Å². The van der Waals surface area contributed by atoms with E-state index in [1.54, 1.807) is 11.8 Å². The molecular weight excluding hydrogens is 280 g/mol. The molecule has 1 aliphatic heterocycles. The highest BCUT2D eigenvalue weighted by molar-refractivity contribution is 8.14. The number of aliphatic imine (C=N–C) groups is 1. The van der Waals surface area contributed by atoms with Crippen molar-refractivity contribution in [1.29, 1.82) is 0 Å². The molecule has 1 N–H and O–H groups in total. The molecule has 0 radical (unpaired) electrons. The fraction of sp³-hybridized carbons (Fsp3) is 0.500. The van der Waals surface area contributed by atoms with Gasteiger partial charge >= 0.3 is 0 Å². The van der Waals surface area contributed by atoms with Crippen LogP contribution < -0.4 is 5.32 Å². The minimum Gasteiger partial charge on any atom is -0.304 e. The number of nitrogens with zero attached hydrogens (tertiary/aromatic N) is 3. The highest BCUT2D eigenvalue weighted by Gasteiger charge is 2.19.